The number of rotatable bonds is 25. The highest BCUT2D eigenvalue weighted by molar-refractivity contribution is 5.77. The van der Waals surface area contributed by atoms with Crippen LogP contribution < -0.4 is 20.5 Å². The molecular formula is C35H55N3O5. The summed E-state index contributed by atoms with van der Waals surface area (Å²) >= 11 is 0. The van der Waals surface area contributed by atoms with Gasteiger partial charge in [0.25, 0.3) is 0 Å². The predicted molar refractivity (Wildman–Crippen MR) is 174 cm³/mol. The van der Waals surface area contributed by atoms with E-state index in [1.807, 2.05) is 0 Å². The number of amides is 3. The van der Waals surface area contributed by atoms with Crippen LogP contribution in [0.4, 0.5) is 4.79 Å². The number of hydrogen-bond acceptors (Lipinski definition) is 5. The maximum atomic E-state index is 12.3. The molecule has 240 valence electrons. The molecule has 8 heteroatoms. The van der Waals surface area contributed by atoms with Crippen molar-refractivity contribution in [3.63, 3.8) is 0 Å². The minimum Gasteiger partial charge on any atom is -0.508 e. The van der Waals surface area contributed by atoms with Crippen LogP contribution >= 0.6 is 0 Å². The predicted octanol–water partition coefficient (Wildman–Crippen LogP) is 8.67. The molecule has 0 spiro atoms. The molecular weight excluding hydrogens is 542 g/mol. The fourth-order valence-electron chi connectivity index (χ4n) is 4.91. The normalized spacial score (nSPS) is 10.8. The second-order valence-corrected chi connectivity index (χ2v) is 11.3. The Bertz CT molecular complexity index is 998. The van der Waals surface area contributed by atoms with Crippen molar-refractivity contribution in [3.05, 3.63) is 48.5 Å². The monoisotopic (exact) mass is 597 g/mol. The van der Waals surface area contributed by atoms with Gasteiger partial charge in [-0.1, -0.05) is 103 Å². The van der Waals surface area contributed by atoms with Crippen molar-refractivity contribution in [1.29, 1.82) is 0 Å². The number of benzene rings is 2. The van der Waals surface area contributed by atoms with Crippen LogP contribution in [0.1, 0.15) is 116 Å². The van der Waals surface area contributed by atoms with Gasteiger partial charge in [-0.2, -0.15) is 0 Å². The Morgan fingerprint density at radius 2 is 1.14 bits per heavy atom. The van der Waals surface area contributed by atoms with Crippen molar-refractivity contribution < 1.29 is 24.2 Å². The number of unbranched alkanes of at least 4 members (excludes halogenated alkanes) is 15. The average Bonchev–Trinajstić information content (AvgIpc) is 3.00. The van der Waals surface area contributed by atoms with E-state index >= 15 is 0 Å². The van der Waals surface area contributed by atoms with Crippen molar-refractivity contribution >= 4 is 11.9 Å². The van der Waals surface area contributed by atoms with Gasteiger partial charge in [0.05, 0.1) is 19.7 Å². The number of phenols is 1. The number of aromatic hydroxyl groups is 1. The molecule has 2 rings (SSSR count). The zero-order valence-electron chi connectivity index (χ0n) is 26.4. The number of ether oxygens (including phenoxy) is 2. The zero-order chi connectivity index (χ0) is 31.0. The molecule has 2 aromatic carbocycles. The highest BCUT2D eigenvalue weighted by atomic mass is 16.5. The van der Waals surface area contributed by atoms with Gasteiger partial charge in [-0.25, -0.2) is 4.79 Å². The van der Waals surface area contributed by atoms with E-state index in [0.29, 0.717) is 23.8 Å². The van der Waals surface area contributed by atoms with E-state index in [2.05, 4.69) is 12.2 Å². The third kappa shape index (κ3) is 18.0. The van der Waals surface area contributed by atoms with Crippen LogP contribution in [0.5, 0.6) is 23.0 Å². The van der Waals surface area contributed by atoms with Crippen LogP contribution in [0.15, 0.2) is 48.5 Å². The zero-order valence-corrected chi connectivity index (χ0v) is 26.4. The van der Waals surface area contributed by atoms with Gasteiger partial charge < -0.3 is 30.5 Å². The van der Waals surface area contributed by atoms with Gasteiger partial charge in [0.2, 0.25) is 5.91 Å². The first kappa shape index (κ1) is 35.8. The molecule has 0 radical (unpaired) electrons. The Hall–Kier alpha value is -3.42. The van der Waals surface area contributed by atoms with E-state index in [4.69, 9.17) is 15.2 Å². The Morgan fingerprint density at radius 1 is 0.698 bits per heavy atom. The SMILES string of the molecule is CCCCCCCCCCCCCCCCCCN(CNC(=O)CCOc1ccc(Oc2ccc(O)cc2)cc1)C(N)=O. The molecule has 4 N–H and O–H groups in total. The van der Waals surface area contributed by atoms with Gasteiger partial charge in [0.15, 0.2) is 0 Å². The molecule has 2 aromatic rings. The van der Waals surface area contributed by atoms with Gasteiger partial charge in [-0.05, 0) is 55.0 Å². The van der Waals surface area contributed by atoms with Gasteiger partial charge in [-0.3, -0.25) is 4.79 Å². The van der Waals surface area contributed by atoms with E-state index < -0.39 is 6.03 Å². The van der Waals surface area contributed by atoms with Crippen molar-refractivity contribution in [1.82, 2.24) is 10.2 Å². The lowest BCUT2D eigenvalue weighted by Gasteiger charge is -2.20. The van der Waals surface area contributed by atoms with Crippen molar-refractivity contribution in [3.8, 4) is 23.0 Å². The first-order chi connectivity index (χ1) is 21.0. The van der Waals surface area contributed by atoms with E-state index in [1.54, 1.807) is 48.5 Å². The van der Waals surface area contributed by atoms with Gasteiger partial charge >= 0.3 is 6.03 Å². The number of primary amides is 1. The summed E-state index contributed by atoms with van der Waals surface area (Å²) in [5, 5.41) is 12.1. The number of nitrogens with zero attached hydrogens (tertiary/aromatic N) is 1. The molecule has 43 heavy (non-hydrogen) atoms. The van der Waals surface area contributed by atoms with E-state index in [1.165, 1.54) is 88.4 Å². The number of phenolic OH excluding ortho intramolecular Hbond substituents is 1. The summed E-state index contributed by atoms with van der Waals surface area (Å²) in [5.74, 6) is 1.84. The second kappa shape index (κ2) is 23.1. The number of nitrogens with two attached hydrogens (primary N) is 1. The lowest BCUT2D eigenvalue weighted by Crippen LogP contribution is -2.44. The molecule has 0 heterocycles. The van der Waals surface area contributed by atoms with Crippen LogP contribution in [0.2, 0.25) is 0 Å². The van der Waals surface area contributed by atoms with Crippen LogP contribution in [-0.4, -0.2) is 41.8 Å². The molecule has 0 bridgehead atoms. The second-order valence-electron chi connectivity index (χ2n) is 11.3. The number of carbonyl (C=O) groups is 2. The molecule has 0 aliphatic rings. The number of hydrogen-bond donors (Lipinski definition) is 3. The molecule has 0 saturated heterocycles. The van der Waals surface area contributed by atoms with E-state index in [-0.39, 0.29) is 31.4 Å². The molecule has 0 saturated carbocycles. The van der Waals surface area contributed by atoms with Crippen molar-refractivity contribution in [2.24, 2.45) is 5.73 Å². The topological polar surface area (TPSA) is 114 Å². The lowest BCUT2D eigenvalue weighted by molar-refractivity contribution is -0.122. The fourth-order valence-corrected chi connectivity index (χ4v) is 4.91. The van der Waals surface area contributed by atoms with E-state index in [0.717, 1.165) is 19.3 Å². The number of urea groups is 1. The maximum Gasteiger partial charge on any atom is 0.316 e. The summed E-state index contributed by atoms with van der Waals surface area (Å²) in [6, 6.07) is 13.0. The molecule has 0 aromatic heterocycles. The van der Waals surface area contributed by atoms with Crippen LogP contribution in [-0.2, 0) is 4.79 Å². The number of nitrogens with one attached hydrogen (secondary N) is 1. The summed E-state index contributed by atoms with van der Waals surface area (Å²) < 4.78 is 11.4. The molecule has 3 amide bonds. The third-order valence-corrected chi connectivity index (χ3v) is 7.55. The highest BCUT2D eigenvalue weighted by Crippen LogP contribution is 2.25. The first-order valence-electron chi connectivity index (χ1n) is 16.5. The van der Waals surface area contributed by atoms with Crippen LogP contribution in [0.25, 0.3) is 0 Å². The first-order valence-corrected chi connectivity index (χ1v) is 16.5. The van der Waals surface area contributed by atoms with Gasteiger partial charge in [0.1, 0.15) is 23.0 Å². The quantitative estimate of drug-likeness (QED) is 0.0783. The summed E-state index contributed by atoms with van der Waals surface area (Å²) in [5.41, 5.74) is 5.52. The molecule has 0 aliphatic carbocycles. The lowest BCUT2D eigenvalue weighted by atomic mass is 10.0. The largest absolute Gasteiger partial charge is 0.508 e. The summed E-state index contributed by atoms with van der Waals surface area (Å²) in [4.78, 5) is 25.5. The van der Waals surface area contributed by atoms with Crippen molar-refractivity contribution in [2.75, 3.05) is 19.8 Å². The third-order valence-electron chi connectivity index (χ3n) is 7.55. The summed E-state index contributed by atoms with van der Waals surface area (Å²) in [6.07, 6.45) is 20.9. The highest BCUT2D eigenvalue weighted by Gasteiger charge is 2.11. The molecule has 0 unspecified atom stereocenters. The molecule has 0 aliphatic heterocycles. The Labute approximate surface area is 259 Å². The minimum absolute atomic E-state index is 0.107. The minimum atomic E-state index is -0.521. The maximum absolute atomic E-state index is 12.3. The Balaban J connectivity index is 1.45. The van der Waals surface area contributed by atoms with Crippen LogP contribution in [0, 0.1) is 0 Å². The Kier molecular flexibility index (Phi) is 19.2. The smallest absolute Gasteiger partial charge is 0.316 e. The summed E-state index contributed by atoms with van der Waals surface area (Å²) in [6.45, 7) is 3.13. The van der Waals surface area contributed by atoms with Gasteiger partial charge in [0, 0.05) is 6.54 Å². The number of carbonyl (C=O) groups excluding carboxylic acids is 2. The summed E-state index contributed by atoms with van der Waals surface area (Å²) in [7, 11) is 0. The average molecular weight is 598 g/mol. The molecule has 8 nitrogen and oxygen atoms in total. The fraction of sp³-hybridized carbons (Fsp3) is 0.600. The molecule has 0 atom stereocenters. The molecule has 0 fully saturated rings. The Morgan fingerprint density at radius 3 is 1.63 bits per heavy atom. The van der Waals surface area contributed by atoms with Crippen LogP contribution in [0.3, 0.4) is 0 Å². The van der Waals surface area contributed by atoms with E-state index in [9.17, 15) is 14.7 Å². The standard InChI is InChI=1S/C35H55N3O5/c1-2-3-4-5-6-7-8-9-10-11-12-13-14-15-16-17-27-38(35(36)41)29-37-34(40)26-28-42-31-22-24-33(25-23-31)43-32-20-18-30(39)19-21-32/h18-25,39H,2-17,26-29H2,1H3,(H2,36,41)(H,37,40). The van der Waals surface area contributed by atoms with Gasteiger partial charge in [-0.15, -0.1) is 0 Å². The van der Waals surface area contributed by atoms with Crippen molar-refractivity contribution in [2.45, 2.75) is 116 Å².